The number of hydrogen-bond donors (Lipinski definition) is 0. The second-order valence-corrected chi connectivity index (χ2v) is 7.52. The van der Waals surface area contributed by atoms with Gasteiger partial charge in [0.05, 0.1) is 6.10 Å². The standard InChI is InChI=1S/C16H28O4Si/c1-6-17-21(18-7-2,19-8-3)13-15-11-9-10-12-16(15)20-14(4)5/h9-12,14H,6-8,13H2,1-5H3. The highest BCUT2D eigenvalue weighted by molar-refractivity contribution is 6.60. The maximum Gasteiger partial charge on any atom is 0.505 e. The molecule has 0 saturated heterocycles. The van der Waals surface area contributed by atoms with Gasteiger partial charge in [-0.25, -0.2) is 0 Å². The molecule has 0 atom stereocenters. The average Bonchev–Trinajstić information content (AvgIpc) is 2.41. The van der Waals surface area contributed by atoms with Crippen LogP contribution in [0, 0.1) is 0 Å². The van der Waals surface area contributed by atoms with E-state index in [-0.39, 0.29) is 6.10 Å². The fraction of sp³-hybridized carbons (Fsp3) is 0.625. The Balaban J connectivity index is 3.01. The molecule has 0 bridgehead atoms. The molecule has 1 rings (SSSR count). The predicted molar refractivity (Wildman–Crippen MR) is 86.5 cm³/mol. The van der Waals surface area contributed by atoms with Crippen LogP contribution in [0.25, 0.3) is 0 Å². The molecule has 4 nitrogen and oxygen atoms in total. The van der Waals surface area contributed by atoms with Crippen molar-refractivity contribution in [2.45, 2.75) is 46.8 Å². The van der Waals surface area contributed by atoms with Gasteiger partial charge >= 0.3 is 8.80 Å². The van der Waals surface area contributed by atoms with Gasteiger partial charge in [-0.05, 0) is 46.2 Å². The summed E-state index contributed by atoms with van der Waals surface area (Å²) in [5.74, 6) is 0.878. The second kappa shape index (κ2) is 9.20. The Morgan fingerprint density at radius 3 is 1.90 bits per heavy atom. The third kappa shape index (κ3) is 5.78. The summed E-state index contributed by atoms with van der Waals surface area (Å²) in [5, 5.41) is 0. The monoisotopic (exact) mass is 312 g/mol. The van der Waals surface area contributed by atoms with Crippen LogP contribution in [0.4, 0.5) is 0 Å². The lowest BCUT2D eigenvalue weighted by molar-refractivity contribution is 0.0700. The molecule has 120 valence electrons. The lowest BCUT2D eigenvalue weighted by Crippen LogP contribution is -2.48. The van der Waals surface area contributed by atoms with Gasteiger partial charge in [0.2, 0.25) is 0 Å². The van der Waals surface area contributed by atoms with Gasteiger partial charge in [0, 0.05) is 25.9 Å². The van der Waals surface area contributed by atoms with Crippen molar-refractivity contribution in [1.82, 2.24) is 0 Å². The zero-order valence-electron chi connectivity index (χ0n) is 13.8. The van der Waals surface area contributed by atoms with E-state index in [1.165, 1.54) is 0 Å². The fourth-order valence-electron chi connectivity index (χ4n) is 2.19. The minimum Gasteiger partial charge on any atom is -0.491 e. The van der Waals surface area contributed by atoms with Crippen LogP contribution < -0.4 is 4.74 Å². The van der Waals surface area contributed by atoms with E-state index in [1.807, 2.05) is 52.8 Å². The molecule has 0 amide bonds. The molecule has 0 N–H and O–H groups in total. The Morgan fingerprint density at radius 2 is 1.43 bits per heavy atom. The SMILES string of the molecule is CCO[Si](Cc1ccccc1OC(C)C)(OCC)OCC. The predicted octanol–water partition coefficient (Wildman–Crippen LogP) is 3.60. The van der Waals surface area contributed by atoms with Gasteiger partial charge in [-0.2, -0.15) is 0 Å². The molecule has 0 saturated carbocycles. The highest BCUT2D eigenvalue weighted by Crippen LogP contribution is 2.25. The van der Waals surface area contributed by atoms with Crippen molar-refractivity contribution < 1.29 is 18.0 Å². The third-order valence-corrected chi connectivity index (χ3v) is 5.83. The molecule has 0 heterocycles. The normalized spacial score (nSPS) is 11.9. The van der Waals surface area contributed by atoms with Gasteiger partial charge in [0.15, 0.2) is 0 Å². The quantitative estimate of drug-likeness (QED) is 0.619. The van der Waals surface area contributed by atoms with Gasteiger partial charge in [-0.15, -0.1) is 0 Å². The third-order valence-electron chi connectivity index (χ3n) is 2.83. The maximum atomic E-state index is 5.91. The van der Waals surface area contributed by atoms with Gasteiger partial charge in [-0.3, -0.25) is 0 Å². The number of para-hydroxylation sites is 1. The van der Waals surface area contributed by atoms with E-state index in [9.17, 15) is 0 Å². The Hall–Kier alpha value is -0.883. The molecule has 0 aliphatic carbocycles. The van der Waals surface area contributed by atoms with Crippen LogP contribution in [0.5, 0.6) is 5.75 Å². The molecule has 1 aromatic carbocycles. The molecule has 0 unspecified atom stereocenters. The summed E-state index contributed by atoms with van der Waals surface area (Å²) in [6.45, 7) is 11.7. The highest BCUT2D eigenvalue weighted by Gasteiger charge is 2.41. The van der Waals surface area contributed by atoms with Crippen LogP contribution in [-0.2, 0) is 19.3 Å². The number of rotatable bonds is 10. The number of ether oxygens (including phenoxy) is 1. The summed E-state index contributed by atoms with van der Waals surface area (Å²) in [4.78, 5) is 0. The van der Waals surface area contributed by atoms with Crippen molar-refractivity contribution in [2.75, 3.05) is 19.8 Å². The Morgan fingerprint density at radius 1 is 0.905 bits per heavy atom. The first-order valence-electron chi connectivity index (χ1n) is 7.73. The lowest BCUT2D eigenvalue weighted by Gasteiger charge is -2.29. The van der Waals surface area contributed by atoms with E-state index < -0.39 is 8.80 Å². The summed E-state index contributed by atoms with van der Waals surface area (Å²) < 4.78 is 23.6. The molecule has 0 spiro atoms. The van der Waals surface area contributed by atoms with Crippen molar-refractivity contribution in [3.8, 4) is 5.75 Å². The van der Waals surface area contributed by atoms with E-state index in [2.05, 4.69) is 6.07 Å². The zero-order valence-corrected chi connectivity index (χ0v) is 14.8. The van der Waals surface area contributed by atoms with Gasteiger partial charge in [-0.1, -0.05) is 18.2 Å². The minimum atomic E-state index is -2.70. The van der Waals surface area contributed by atoms with Crippen LogP contribution in [0.1, 0.15) is 40.2 Å². The van der Waals surface area contributed by atoms with Crippen molar-refractivity contribution in [3.05, 3.63) is 29.8 Å². The van der Waals surface area contributed by atoms with E-state index in [0.717, 1.165) is 11.3 Å². The van der Waals surface area contributed by atoms with Crippen LogP contribution in [-0.4, -0.2) is 34.7 Å². The van der Waals surface area contributed by atoms with Crippen molar-refractivity contribution >= 4 is 8.80 Å². The van der Waals surface area contributed by atoms with Crippen LogP contribution in [0.2, 0.25) is 0 Å². The lowest BCUT2D eigenvalue weighted by atomic mass is 10.2. The molecule has 0 radical (unpaired) electrons. The molecule has 21 heavy (non-hydrogen) atoms. The van der Waals surface area contributed by atoms with Gasteiger partial charge in [0.25, 0.3) is 0 Å². The van der Waals surface area contributed by atoms with Crippen LogP contribution >= 0.6 is 0 Å². The summed E-state index contributed by atoms with van der Waals surface area (Å²) >= 11 is 0. The Labute approximate surface area is 129 Å². The summed E-state index contributed by atoms with van der Waals surface area (Å²) in [5.41, 5.74) is 1.08. The van der Waals surface area contributed by atoms with Gasteiger partial charge in [0.1, 0.15) is 5.75 Å². The Kier molecular flexibility index (Phi) is 7.96. The van der Waals surface area contributed by atoms with Crippen LogP contribution in [0.15, 0.2) is 24.3 Å². The first kappa shape index (κ1) is 18.2. The smallest absolute Gasteiger partial charge is 0.491 e. The molecule has 0 aliphatic rings. The first-order valence-corrected chi connectivity index (χ1v) is 9.66. The highest BCUT2D eigenvalue weighted by atomic mass is 28.4. The van der Waals surface area contributed by atoms with E-state index >= 15 is 0 Å². The Bertz CT molecular complexity index is 392. The van der Waals surface area contributed by atoms with Gasteiger partial charge < -0.3 is 18.0 Å². The molecule has 1 aromatic rings. The summed E-state index contributed by atoms with van der Waals surface area (Å²) in [6.07, 6.45) is 0.133. The molecular formula is C16H28O4Si. The minimum absolute atomic E-state index is 0.133. The molecule has 0 aliphatic heterocycles. The summed E-state index contributed by atoms with van der Waals surface area (Å²) in [7, 11) is -2.70. The van der Waals surface area contributed by atoms with Crippen molar-refractivity contribution in [1.29, 1.82) is 0 Å². The summed E-state index contributed by atoms with van der Waals surface area (Å²) in [6, 6.07) is 8.65. The van der Waals surface area contributed by atoms with Crippen molar-refractivity contribution in [2.24, 2.45) is 0 Å². The average molecular weight is 312 g/mol. The molecule has 0 aromatic heterocycles. The van der Waals surface area contributed by atoms with Crippen molar-refractivity contribution in [3.63, 3.8) is 0 Å². The van der Waals surface area contributed by atoms with E-state index in [0.29, 0.717) is 25.9 Å². The van der Waals surface area contributed by atoms with Crippen LogP contribution in [0.3, 0.4) is 0 Å². The zero-order chi connectivity index (χ0) is 15.7. The largest absolute Gasteiger partial charge is 0.505 e. The van der Waals surface area contributed by atoms with E-state index in [4.69, 9.17) is 18.0 Å². The molecular weight excluding hydrogens is 284 g/mol. The number of benzene rings is 1. The fourth-order valence-corrected chi connectivity index (χ4v) is 4.82. The van der Waals surface area contributed by atoms with E-state index in [1.54, 1.807) is 0 Å². The second-order valence-electron chi connectivity index (χ2n) is 4.93. The number of hydrogen-bond acceptors (Lipinski definition) is 4. The molecule has 0 fully saturated rings. The first-order chi connectivity index (χ1) is 10.1. The topological polar surface area (TPSA) is 36.9 Å². The molecule has 5 heteroatoms. The maximum absolute atomic E-state index is 5.91.